The number of nitrogens with one attached hydrogen (secondary N) is 1. The molecule has 0 spiro atoms. The summed E-state index contributed by atoms with van der Waals surface area (Å²) in [4.78, 5) is 22.5. The van der Waals surface area contributed by atoms with E-state index < -0.39 is 6.04 Å². The van der Waals surface area contributed by atoms with Gasteiger partial charge in [0.05, 0.1) is 6.61 Å². The van der Waals surface area contributed by atoms with Crippen molar-refractivity contribution in [2.24, 2.45) is 5.92 Å². The van der Waals surface area contributed by atoms with Crippen LogP contribution in [0.15, 0.2) is 0 Å². The normalized spacial score (nSPS) is 18.5. The molecule has 0 aliphatic heterocycles. The average molecular weight is 259 g/mol. The van der Waals surface area contributed by atoms with Crippen molar-refractivity contribution in [3.8, 4) is 0 Å². The highest BCUT2D eigenvalue weighted by Gasteiger charge is 2.21. The number of ether oxygens (including phenoxy) is 1. The Hall–Kier alpha value is -0.710. The number of amides is 1. The maximum absolute atomic E-state index is 11.7. The second-order valence-corrected chi connectivity index (χ2v) is 4.93. The van der Waals surface area contributed by atoms with E-state index in [2.05, 4.69) is 17.9 Å². The molecule has 0 aromatic heterocycles. The van der Waals surface area contributed by atoms with Gasteiger partial charge in [-0.25, -0.2) is 4.79 Å². The van der Waals surface area contributed by atoms with Gasteiger partial charge in [0.25, 0.3) is 0 Å². The number of hydrogen-bond acceptors (Lipinski definition) is 4. The smallest absolute Gasteiger partial charge is 0.329 e. The van der Waals surface area contributed by atoms with Gasteiger partial charge in [-0.15, -0.1) is 0 Å². The predicted molar refractivity (Wildman–Crippen MR) is 69.0 cm³/mol. The fourth-order valence-electron chi connectivity index (χ4n) is 2.08. The molecule has 0 heterocycles. The lowest BCUT2D eigenvalue weighted by molar-refractivity contribution is -0.148. The third-order valence-corrected chi connectivity index (χ3v) is 3.40. The second kappa shape index (κ2) is 7.58. The average Bonchev–Trinajstić information content (AvgIpc) is 2.34. The molecule has 0 unspecified atom stereocenters. The number of thiol groups is 1. The fraction of sp³-hybridized carbons (Fsp3) is 0.833. The third-order valence-electron chi connectivity index (χ3n) is 3.03. The maximum Gasteiger partial charge on any atom is 0.329 e. The number of carbonyl (C=O) groups excluding carboxylic acids is 2. The van der Waals surface area contributed by atoms with Crippen LogP contribution in [-0.4, -0.2) is 30.3 Å². The summed E-state index contributed by atoms with van der Waals surface area (Å²) in [6.07, 6.45) is 6.02. The lowest BCUT2D eigenvalue weighted by atomic mass is 9.90. The molecule has 1 N–H and O–H groups in total. The Bertz CT molecular complexity index is 264. The first kappa shape index (κ1) is 14.4. The first-order chi connectivity index (χ1) is 8.13. The minimum Gasteiger partial charge on any atom is -0.464 e. The summed E-state index contributed by atoms with van der Waals surface area (Å²) in [7, 11) is 0. The summed E-state index contributed by atoms with van der Waals surface area (Å²) in [6, 6.07) is -0.626. The standard InChI is InChI=1S/C12H21NO3S/c1-9(14)13-11(8-17)12(15)16-7-10-5-3-2-4-6-10/h10-11,17H,2-8H2,1H3,(H,13,14)/t11-/m0/s1. The Morgan fingerprint density at radius 1 is 1.35 bits per heavy atom. The van der Waals surface area contributed by atoms with Crippen LogP contribution < -0.4 is 5.32 Å². The Morgan fingerprint density at radius 3 is 2.53 bits per heavy atom. The topological polar surface area (TPSA) is 55.4 Å². The van der Waals surface area contributed by atoms with Crippen molar-refractivity contribution in [3.63, 3.8) is 0 Å². The Labute approximate surface area is 108 Å². The van der Waals surface area contributed by atoms with E-state index in [1.54, 1.807) is 0 Å². The van der Waals surface area contributed by atoms with Gasteiger partial charge in [-0.3, -0.25) is 4.79 Å². The summed E-state index contributed by atoms with van der Waals surface area (Å²) in [6.45, 7) is 1.85. The van der Waals surface area contributed by atoms with Crippen molar-refractivity contribution >= 4 is 24.5 Å². The molecule has 98 valence electrons. The predicted octanol–water partition coefficient (Wildman–Crippen LogP) is 1.54. The quantitative estimate of drug-likeness (QED) is 0.582. The van der Waals surface area contributed by atoms with E-state index in [9.17, 15) is 9.59 Å². The molecule has 1 fully saturated rings. The van der Waals surface area contributed by atoms with Gasteiger partial charge >= 0.3 is 5.97 Å². The molecule has 0 aromatic rings. The molecule has 1 aliphatic rings. The van der Waals surface area contributed by atoms with Crippen LogP contribution in [0.3, 0.4) is 0 Å². The highest BCUT2D eigenvalue weighted by atomic mass is 32.1. The van der Waals surface area contributed by atoms with Gasteiger partial charge in [0.15, 0.2) is 0 Å². The zero-order valence-electron chi connectivity index (χ0n) is 10.3. The Balaban J connectivity index is 2.28. The monoisotopic (exact) mass is 259 g/mol. The van der Waals surface area contributed by atoms with Gasteiger partial charge in [0, 0.05) is 12.7 Å². The molecule has 4 nitrogen and oxygen atoms in total. The molecule has 0 aromatic carbocycles. The molecule has 1 rings (SSSR count). The summed E-state index contributed by atoms with van der Waals surface area (Å²) >= 11 is 4.03. The van der Waals surface area contributed by atoms with E-state index in [-0.39, 0.29) is 17.6 Å². The molecule has 1 atom stereocenters. The highest BCUT2D eigenvalue weighted by Crippen LogP contribution is 2.23. The van der Waals surface area contributed by atoms with E-state index in [4.69, 9.17) is 4.74 Å². The fourth-order valence-corrected chi connectivity index (χ4v) is 2.32. The number of rotatable bonds is 5. The summed E-state index contributed by atoms with van der Waals surface area (Å²) in [5.41, 5.74) is 0. The molecule has 0 saturated heterocycles. The van der Waals surface area contributed by atoms with Crippen molar-refractivity contribution in [3.05, 3.63) is 0 Å². The van der Waals surface area contributed by atoms with Crippen molar-refractivity contribution in [2.45, 2.75) is 45.1 Å². The molecule has 1 saturated carbocycles. The van der Waals surface area contributed by atoms with Crippen LogP contribution in [0.4, 0.5) is 0 Å². The van der Waals surface area contributed by atoms with Crippen LogP contribution in [0.2, 0.25) is 0 Å². The third kappa shape index (κ3) is 5.44. The highest BCUT2D eigenvalue weighted by molar-refractivity contribution is 7.80. The van der Waals surface area contributed by atoms with Gasteiger partial charge in [-0.05, 0) is 18.8 Å². The first-order valence-corrected chi connectivity index (χ1v) is 6.81. The van der Waals surface area contributed by atoms with Gasteiger partial charge in [0.2, 0.25) is 5.91 Å². The molecular formula is C12H21NO3S. The van der Waals surface area contributed by atoms with E-state index >= 15 is 0 Å². The number of carbonyl (C=O) groups is 2. The SMILES string of the molecule is CC(=O)N[C@@H](CS)C(=O)OCC1CCCCC1. The van der Waals surface area contributed by atoms with Crippen LogP contribution in [0.1, 0.15) is 39.0 Å². The first-order valence-electron chi connectivity index (χ1n) is 6.18. The zero-order valence-corrected chi connectivity index (χ0v) is 11.2. The van der Waals surface area contributed by atoms with Crippen molar-refractivity contribution < 1.29 is 14.3 Å². The van der Waals surface area contributed by atoms with Gasteiger partial charge in [0.1, 0.15) is 6.04 Å². The molecule has 17 heavy (non-hydrogen) atoms. The van der Waals surface area contributed by atoms with Crippen LogP contribution >= 0.6 is 12.6 Å². The number of esters is 1. The van der Waals surface area contributed by atoms with E-state index in [0.717, 1.165) is 12.8 Å². The Kier molecular flexibility index (Phi) is 6.40. The minimum absolute atomic E-state index is 0.237. The molecule has 0 bridgehead atoms. The van der Waals surface area contributed by atoms with Crippen molar-refractivity contribution in [2.75, 3.05) is 12.4 Å². The molecule has 0 radical (unpaired) electrons. The van der Waals surface area contributed by atoms with Crippen LogP contribution in [-0.2, 0) is 14.3 Å². The van der Waals surface area contributed by atoms with Gasteiger partial charge in [-0.2, -0.15) is 12.6 Å². The largest absolute Gasteiger partial charge is 0.464 e. The summed E-state index contributed by atoms with van der Waals surface area (Å²) in [5.74, 6) is 0.147. The van der Waals surface area contributed by atoms with E-state index in [1.165, 1.54) is 26.2 Å². The van der Waals surface area contributed by atoms with Crippen molar-refractivity contribution in [1.29, 1.82) is 0 Å². The molecule has 5 heteroatoms. The van der Waals surface area contributed by atoms with Gasteiger partial charge in [-0.1, -0.05) is 19.3 Å². The Morgan fingerprint density at radius 2 is 2.00 bits per heavy atom. The van der Waals surface area contributed by atoms with Crippen LogP contribution in [0.25, 0.3) is 0 Å². The molecular weight excluding hydrogens is 238 g/mol. The second-order valence-electron chi connectivity index (χ2n) is 4.57. The maximum atomic E-state index is 11.7. The van der Waals surface area contributed by atoms with E-state index in [1.807, 2.05) is 0 Å². The lowest BCUT2D eigenvalue weighted by Gasteiger charge is -2.22. The van der Waals surface area contributed by atoms with E-state index in [0.29, 0.717) is 12.5 Å². The van der Waals surface area contributed by atoms with Crippen LogP contribution in [0, 0.1) is 5.92 Å². The van der Waals surface area contributed by atoms with Crippen LogP contribution in [0.5, 0.6) is 0 Å². The summed E-state index contributed by atoms with van der Waals surface area (Å²) in [5, 5.41) is 2.53. The number of hydrogen-bond donors (Lipinski definition) is 2. The zero-order chi connectivity index (χ0) is 12.7. The summed E-state index contributed by atoms with van der Waals surface area (Å²) < 4.78 is 5.23. The molecule has 1 amide bonds. The lowest BCUT2D eigenvalue weighted by Crippen LogP contribution is -2.42. The minimum atomic E-state index is -0.626. The molecule has 1 aliphatic carbocycles. The van der Waals surface area contributed by atoms with Crippen molar-refractivity contribution in [1.82, 2.24) is 5.32 Å². The van der Waals surface area contributed by atoms with Gasteiger partial charge < -0.3 is 10.1 Å².